The van der Waals surface area contributed by atoms with E-state index in [1.165, 1.54) is 7.11 Å². The van der Waals surface area contributed by atoms with E-state index in [4.69, 9.17) is 9.47 Å². The number of ether oxygens (including phenoxy) is 3. The van der Waals surface area contributed by atoms with Gasteiger partial charge in [-0.15, -0.1) is 0 Å². The maximum Gasteiger partial charge on any atom is 0.337 e. The summed E-state index contributed by atoms with van der Waals surface area (Å²) in [6.07, 6.45) is 0. The molecule has 0 spiro atoms. The van der Waals surface area contributed by atoms with Crippen LogP contribution in [0.1, 0.15) is 10.4 Å². The second-order valence-corrected chi connectivity index (χ2v) is 5.32. The number of methoxy groups -OCH3 is 2. The highest BCUT2D eigenvalue weighted by Crippen LogP contribution is 2.16. The van der Waals surface area contributed by atoms with Crippen molar-refractivity contribution in [3.63, 3.8) is 0 Å². The van der Waals surface area contributed by atoms with Gasteiger partial charge in [-0.2, -0.15) is 0 Å². The molecule has 0 fully saturated rings. The molecular weight excluding hydrogens is 336 g/mol. The second-order valence-electron chi connectivity index (χ2n) is 5.32. The van der Waals surface area contributed by atoms with Crippen molar-refractivity contribution in [2.24, 2.45) is 0 Å². The molecular formula is C19H22N2O5. The van der Waals surface area contributed by atoms with E-state index in [2.05, 4.69) is 15.4 Å². The average molecular weight is 358 g/mol. The van der Waals surface area contributed by atoms with Crippen molar-refractivity contribution in [2.75, 3.05) is 39.2 Å². The Hall–Kier alpha value is -3.06. The Balaban J connectivity index is 1.64. The minimum Gasteiger partial charge on any atom is -0.497 e. The lowest BCUT2D eigenvalue weighted by atomic mass is 10.2. The molecule has 26 heavy (non-hydrogen) atoms. The molecule has 2 aromatic rings. The van der Waals surface area contributed by atoms with Gasteiger partial charge in [-0.25, -0.2) is 4.79 Å². The number of rotatable bonds is 9. The van der Waals surface area contributed by atoms with Crippen molar-refractivity contribution in [1.29, 1.82) is 0 Å². The van der Waals surface area contributed by atoms with Gasteiger partial charge in [0.2, 0.25) is 5.91 Å². The van der Waals surface area contributed by atoms with Gasteiger partial charge in [-0.05, 0) is 48.5 Å². The second kappa shape index (κ2) is 10.0. The van der Waals surface area contributed by atoms with Gasteiger partial charge in [0.25, 0.3) is 0 Å². The number of carbonyl (C=O) groups is 2. The lowest BCUT2D eigenvalue weighted by Crippen LogP contribution is -2.31. The largest absolute Gasteiger partial charge is 0.497 e. The standard InChI is InChI=1S/C19H22N2O5/c1-24-16-7-9-17(10-8-16)26-12-11-20-13-18(22)21-15-5-3-14(4-6-15)19(23)25-2/h3-10,20H,11-13H2,1-2H3,(H,21,22). The smallest absolute Gasteiger partial charge is 0.337 e. The van der Waals surface area contributed by atoms with E-state index in [0.717, 1.165) is 11.5 Å². The van der Waals surface area contributed by atoms with Crippen LogP contribution in [0.5, 0.6) is 11.5 Å². The molecule has 0 aromatic heterocycles. The topological polar surface area (TPSA) is 85.9 Å². The molecule has 0 unspecified atom stereocenters. The normalized spacial score (nSPS) is 10.1. The molecule has 0 aliphatic carbocycles. The zero-order valence-electron chi connectivity index (χ0n) is 14.8. The van der Waals surface area contributed by atoms with Crippen LogP contribution in [0.3, 0.4) is 0 Å². The SMILES string of the molecule is COC(=O)c1ccc(NC(=O)CNCCOc2ccc(OC)cc2)cc1. The van der Waals surface area contributed by atoms with Crippen LogP contribution in [0.25, 0.3) is 0 Å². The van der Waals surface area contributed by atoms with Gasteiger partial charge in [-0.1, -0.05) is 0 Å². The number of esters is 1. The third kappa shape index (κ3) is 6.10. The van der Waals surface area contributed by atoms with Crippen molar-refractivity contribution in [3.05, 3.63) is 54.1 Å². The molecule has 0 aliphatic rings. The number of anilines is 1. The zero-order chi connectivity index (χ0) is 18.8. The summed E-state index contributed by atoms with van der Waals surface area (Å²) in [4.78, 5) is 23.2. The highest BCUT2D eigenvalue weighted by Gasteiger charge is 2.06. The molecule has 2 N–H and O–H groups in total. The van der Waals surface area contributed by atoms with Crippen LogP contribution in [-0.2, 0) is 9.53 Å². The lowest BCUT2D eigenvalue weighted by Gasteiger charge is -2.09. The predicted octanol–water partition coefficient (Wildman–Crippen LogP) is 2.09. The first-order valence-corrected chi connectivity index (χ1v) is 8.08. The first-order valence-electron chi connectivity index (χ1n) is 8.08. The Bertz CT molecular complexity index is 714. The Kier molecular flexibility index (Phi) is 7.45. The van der Waals surface area contributed by atoms with E-state index in [1.54, 1.807) is 31.4 Å². The summed E-state index contributed by atoms with van der Waals surface area (Å²) in [6.45, 7) is 1.12. The summed E-state index contributed by atoms with van der Waals surface area (Å²) in [5.41, 5.74) is 1.04. The number of hydrogen-bond donors (Lipinski definition) is 2. The van der Waals surface area contributed by atoms with E-state index >= 15 is 0 Å². The predicted molar refractivity (Wildman–Crippen MR) is 97.8 cm³/mol. The van der Waals surface area contributed by atoms with Gasteiger partial charge in [-0.3, -0.25) is 4.79 Å². The van der Waals surface area contributed by atoms with Crippen LogP contribution in [-0.4, -0.2) is 45.8 Å². The number of carbonyl (C=O) groups excluding carboxylic acids is 2. The maximum absolute atomic E-state index is 11.9. The summed E-state index contributed by atoms with van der Waals surface area (Å²) in [5, 5.41) is 5.74. The Morgan fingerprint density at radius 1 is 0.923 bits per heavy atom. The highest BCUT2D eigenvalue weighted by molar-refractivity contribution is 5.93. The van der Waals surface area contributed by atoms with Crippen molar-refractivity contribution in [3.8, 4) is 11.5 Å². The molecule has 2 rings (SSSR count). The fourth-order valence-corrected chi connectivity index (χ4v) is 2.13. The van der Waals surface area contributed by atoms with E-state index in [1.807, 2.05) is 24.3 Å². The molecule has 0 saturated heterocycles. The summed E-state index contributed by atoms with van der Waals surface area (Å²) in [7, 11) is 2.93. The van der Waals surface area contributed by atoms with Crippen LogP contribution < -0.4 is 20.1 Å². The van der Waals surface area contributed by atoms with Crippen LogP contribution in [0.2, 0.25) is 0 Å². The van der Waals surface area contributed by atoms with Crippen LogP contribution in [0.15, 0.2) is 48.5 Å². The number of amides is 1. The average Bonchev–Trinajstić information content (AvgIpc) is 2.68. The van der Waals surface area contributed by atoms with Crippen molar-refractivity contribution in [2.45, 2.75) is 0 Å². The first kappa shape index (κ1) is 19.3. The highest BCUT2D eigenvalue weighted by atomic mass is 16.5. The monoisotopic (exact) mass is 358 g/mol. The molecule has 2 aromatic carbocycles. The fraction of sp³-hybridized carbons (Fsp3) is 0.263. The first-order chi connectivity index (χ1) is 12.6. The Labute approximate surface area is 152 Å². The number of hydrogen-bond acceptors (Lipinski definition) is 6. The van der Waals surface area contributed by atoms with Gasteiger partial charge in [0.1, 0.15) is 18.1 Å². The lowest BCUT2D eigenvalue weighted by molar-refractivity contribution is -0.115. The Morgan fingerprint density at radius 2 is 1.58 bits per heavy atom. The summed E-state index contributed by atoms with van der Waals surface area (Å²) in [5.74, 6) is 0.913. The van der Waals surface area contributed by atoms with E-state index in [9.17, 15) is 9.59 Å². The molecule has 0 aliphatic heterocycles. The molecule has 0 radical (unpaired) electrons. The Morgan fingerprint density at radius 3 is 2.19 bits per heavy atom. The summed E-state index contributed by atoms with van der Waals surface area (Å²) < 4.78 is 15.3. The zero-order valence-corrected chi connectivity index (χ0v) is 14.8. The minimum atomic E-state index is -0.415. The minimum absolute atomic E-state index is 0.157. The maximum atomic E-state index is 11.9. The molecule has 7 nitrogen and oxygen atoms in total. The van der Waals surface area contributed by atoms with Crippen molar-refractivity contribution >= 4 is 17.6 Å². The summed E-state index contributed by atoms with van der Waals surface area (Å²) in [6, 6.07) is 13.8. The molecule has 0 heterocycles. The third-order valence-corrected chi connectivity index (χ3v) is 3.48. The molecule has 0 saturated carbocycles. The van der Waals surface area contributed by atoms with Crippen molar-refractivity contribution < 1.29 is 23.8 Å². The molecule has 138 valence electrons. The number of nitrogens with one attached hydrogen (secondary N) is 2. The van der Waals surface area contributed by atoms with Gasteiger partial charge in [0.15, 0.2) is 0 Å². The number of benzene rings is 2. The third-order valence-electron chi connectivity index (χ3n) is 3.48. The summed E-state index contributed by atoms with van der Waals surface area (Å²) >= 11 is 0. The van der Waals surface area contributed by atoms with Crippen LogP contribution in [0.4, 0.5) is 5.69 Å². The quantitative estimate of drug-likeness (QED) is 0.527. The molecule has 0 atom stereocenters. The molecule has 1 amide bonds. The van der Waals surface area contributed by atoms with Gasteiger partial charge in [0, 0.05) is 12.2 Å². The van der Waals surface area contributed by atoms with Crippen molar-refractivity contribution in [1.82, 2.24) is 5.32 Å². The van der Waals surface area contributed by atoms with E-state index in [0.29, 0.717) is 24.4 Å². The van der Waals surface area contributed by atoms with E-state index in [-0.39, 0.29) is 12.5 Å². The van der Waals surface area contributed by atoms with Gasteiger partial charge in [0.05, 0.1) is 26.3 Å². The molecule has 7 heteroatoms. The fourth-order valence-electron chi connectivity index (χ4n) is 2.13. The molecule has 0 bridgehead atoms. The van der Waals surface area contributed by atoms with Crippen LogP contribution in [0, 0.1) is 0 Å². The van der Waals surface area contributed by atoms with Crippen LogP contribution >= 0.6 is 0 Å². The van der Waals surface area contributed by atoms with Gasteiger partial charge < -0.3 is 24.8 Å². The van der Waals surface area contributed by atoms with Gasteiger partial charge >= 0.3 is 5.97 Å². The van der Waals surface area contributed by atoms with E-state index < -0.39 is 5.97 Å².